The SMILES string of the molecule is COc1ccc(NC(=O)c2ccc(-n3ccnc3)nc2)cc1S(=O)(=O)N1CCOCC1. The van der Waals surface area contributed by atoms with Crippen LogP contribution >= 0.6 is 0 Å². The number of methoxy groups -OCH3 is 1. The Balaban J connectivity index is 1.56. The van der Waals surface area contributed by atoms with E-state index in [9.17, 15) is 13.2 Å². The molecule has 0 bridgehead atoms. The van der Waals surface area contributed by atoms with Crippen molar-refractivity contribution >= 4 is 21.6 Å². The largest absolute Gasteiger partial charge is 0.495 e. The number of anilines is 1. The van der Waals surface area contributed by atoms with E-state index in [2.05, 4.69) is 15.3 Å². The fourth-order valence-corrected chi connectivity index (χ4v) is 4.74. The number of carbonyl (C=O) groups is 1. The van der Waals surface area contributed by atoms with Gasteiger partial charge in [0.05, 0.1) is 25.9 Å². The number of amides is 1. The van der Waals surface area contributed by atoms with E-state index in [1.165, 1.54) is 29.7 Å². The first-order valence-corrected chi connectivity index (χ1v) is 10.9. The Morgan fingerprint density at radius 3 is 2.65 bits per heavy atom. The number of pyridine rings is 1. The number of aromatic nitrogens is 3. The predicted octanol–water partition coefficient (Wildman–Crippen LogP) is 1.55. The van der Waals surface area contributed by atoms with E-state index in [1.54, 1.807) is 41.5 Å². The molecule has 0 spiro atoms. The molecular weight excluding hydrogens is 422 g/mol. The van der Waals surface area contributed by atoms with Crippen LogP contribution in [-0.2, 0) is 14.8 Å². The van der Waals surface area contributed by atoms with Crippen LogP contribution in [0, 0.1) is 0 Å². The fraction of sp³-hybridized carbons (Fsp3) is 0.250. The lowest BCUT2D eigenvalue weighted by molar-refractivity contribution is 0.0729. The predicted molar refractivity (Wildman–Crippen MR) is 112 cm³/mol. The molecule has 31 heavy (non-hydrogen) atoms. The molecule has 0 saturated carbocycles. The highest BCUT2D eigenvalue weighted by Gasteiger charge is 2.29. The summed E-state index contributed by atoms with van der Waals surface area (Å²) in [5, 5.41) is 2.72. The highest BCUT2D eigenvalue weighted by Crippen LogP contribution is 2.30. The molecule has 11 heteroatoms. The smallest absolute Gasteiger partial charge is 0.257 e. The molecular formula is C20H21N5O5S. The van der Waals surface area contributed by atoms with E-state index in [4.69, 9.17) is 9.47 Å². The molecule has 3 heterocycles. The summed E-state index contributed by atoms with van der Waals surface area (Å²) in [6.07, 6.45) is 6.43. The van der Waals surface area contributed by atoms with Gasteiger partial charge in [0.25, 0.3) is 5.91 Å². The Hall–Kier alpha value is -3.28. The molecule has 10 nitrogen and oxygen atoms in total. The van der Waals surface area contributed by atoms with Gasteiger partial charge in [0.15, 0.2) is 0 Å². The number of benzene rings is 1. The summed E-state index contributed by atoms with van der Waals surface area (Å²) >= 11 is 0. The van der Waals surface area contributed by atoms with Crippen LogP contribution in [0.2, 0.25) is 0 Å². The summed E-state index contributed by atoms with van der Waals surface area (Å²) in [5.41, 5.74) is 0.661. The van der Waals surface area contributed by atoms with Crippen LogP contribution in [0.15, 0.2) is 60.1 Å². The first-order chi connectivity index (χ1) is 15.0. The van der Waals surface area contributed by atoms with Crippen LogP contribution in [0.3, 0.4) is 0 Å². The van der Waals surface area contributed by atoms with Gasteiger partial charge in [-0.3, -0.25) is 9.36 Å². The number of nitrogens with one attached hydrogen (secondary N) is 1. The Labute approximate surface area is 179 Å². The average Bonchev–Trinajstić information content (AvgIpc) is 3.35. The summed E-state index contributed by atoms with van der Waals surface area (Å²) in [5.74, 6) is 0.415. The van der Waals surface area contributed by atoms with Crippen molar-refractivity contribution in [1.82, 2.24) is 18.8 Å². The summed E-state index contributed by atoms with van der Waals surface area (Å²) in [6, 6.07) is 7.83. The van der Waals surface area contributed by atoms with Crippen molar-refractivity contribution in [2.24, 2.45) is 0 Å². The third-order valence-electron chi connectivity index (χ3n) is 4.79. The Morgan fingerprint density at radius 1 is 1.19 bits per heavy atom. The highest BCUT2D eigenvalue weighted by atomic mass is 32.2. The maximum absolute atomic E-state index is 13.1. The van der Waals surface area contributed by atoms with Crippen molar-refractivity contribution in [3.05, 3.63) is 60.8 Å². The number of sulfonamides is 1. The van der Waals surface area contributed by atoms with Gasteiger partial charge < -0.3 is 14.8 Å². The maximum Gasteiger partial charge on any atom is 0.257 e. The molecule has 1 aliphatic rings. The molecule has 3 aromatic rings. The lowest BCUT2D eigenvalue weighted by Crippen LogP contribution is -2.40. The zero-order valence-corrected chi connectivity index (χ0v) is 17.6. The molecule has 4 rings (SSSR count). The first kappa shape index (κ1) is 21.0. The maximum atomic E-state index is 13.1. The second-order valence-electron chi connectivity index (χ2n) is 6.71. The van der Waals surface area contributed by atoms with Gasteiger partial charge in [0.1, 0.15) is 22.8 Å². The van der Waals surface area contributed by atoms with Crippen molar-refractivity contribution < 1.29 is 22.7 Å². The summed E-state index contributed by atoms with van der Waals surface area (Å²) in [4.78, 5) is 20.9. The number of carbonyl (C=O) groups excluding carboxylic acids is 1. The summed E-state index contributed by atoms with van der Waals surface area (Å²) in [6.45, 7) is 1.19. The molecule has 0 aliphatic carbocycles. The van der Waals surface area contributed by atoms with Gasteiger partial charge in [0, 0.05) is 37.4 Å². The van der Waals surface area contributed by atoms with Crippen molar-refractivity contribution in [3.63, 3.8) is 0 Å². The molecule has 1 aromatic carbocycles. The van der Waals surface area contributed by atoms with E-state index >= 15 is 0 Å². The van der Waals surface area contributed by atoms with Crippen LogP contribution in [0.5, 0.6) is 5.75 Å². The monoisotopic (exact) mass is 443 g/mol. The third kappa shape index (κ3) is 4.43. The summed E-state index contributed by atoms with van der Waals surface area (Å²) < 4.78 is 39.7. The van der Waals surface area contributed by atoms with E-state index in [-0.39, 0.29) is 23.7 Å². The topological polar surface area (TPSA) is 116 Å². The van der Waals surface area contributed by atoms with Crippen LogP contribution in [0.4, 0.5) is 5.69 Å². The zero-order chi connectivity index (χ0) is 21.8. The van der Waals surface area contributed by atoms with Gasteiger partial charge in [-0.25, -0.2) is 18.4 Å². The van der Waals surface area contributed by atoms with Crippen molar-refractivity contribution in [3.8, 4) is 11.6 Å². The van der Waals surface area contributed by atoms with Crippen molar-refractivity contribution in [1.29, 1.82) is 0 Å². The normalized spacial score (nSPS) is 14.9. The number of morpholine rings is 1. The summed E-state index contributed by atoms with van der Waals surface area (Å²) in [7, 11) is -2.40. The average molecular weight is 443 g/mol. The Bertz CT molecular complexity index is 1160. The molecule has 2 aromatic heterocycles. The quantitative estimate of drug-likeness (QED) is 0.614. The van der Waals surface area contributed by atoms with Crippen molar-refractivity contribution in [2.75, 3.05) is 38.7 Å². The molecule has 0 atom stereocenters. The van der Waals surface area contributed by atoms with Gasteiger partial charge >= 0.3 is 0 Å². The van der Waals surface area contributed by atoms with Crippen LogP contribution in [-0.4, -0.2) is 66.6 Å². The van der Waals surface area contributed by atoms with Gasteiger partial charge in [-0.05, 0) is 30.3 Å². The van der Waals surface area contributed by atoms with Gasteiger partial charge in [-0.1, -0.05) is 0 Å². The zero-order valence-electron chi connectivity index (χ0n) is 16.8. The minimum Gasteiger partial charge on any atom is -0.495 e. The molecule has 0 unspecified atom stereocenters. The minimum absolute atomic E-state index is 0.0109. The standard InChI is InChI=1S/C20H21N5O5S/c1-29-17-4-3-16(12-18(17)31(27,28)25-8-10-30-11-9-25)23-20(26)15-2-5-19(22-13-15)24-7-6-21-14-24/h2-7,12-14H,8-11H2,1H3,(H,23,26). The van der Waals surface area contributed by atoms with Crippen LogP contribution in [0.1, 0.15) is 10.4 Å². The molecule has 1 N–H and O–H groups in total. The number of imidazole rings is 1. The van der Waals surface area contributed by atoms with E-state index in [0.717, 1.165) is 0 Å². The number of hydrogen-bond donors (Lipinski definition) is 1. The van der Waals surface area contributed by atoms with E-state index < -0.39 is 15.9 Å². The molecule has 1 aliphatic heterocycles. The van der Waals surface area contributed by atoms with E-state index in [0.29, 0.717) is 30.3 Å². The van der Waals surface area contributed by atoms with Gasteiger partial charge in [0.2, 0.25) is 10.0 Å². The molecule has 1 amide bonds. The van der Waals surface area contributed by atoms with Gasteiger partial charge in [-0.2, -0.15) is 4.31 Å². The molecule has 1 saturated heterocycles. The van der Waals surface area contributed by atoms with Crippen molar-refractivity contribution in [2.45, 2.75) is 4.90 Å². The third-order valence-corrected chi connectivity index (χ3v) is 6.71. The Kier molecular flexibility index (Phi) is 5.98. The first-order valence-electron chi connectivity index (χ1n) is 9.51. The number of hydrogen-bond acceptors (Lipinski definition) is 7. The minimum atomic E-state index is -3.80. The van der Waals surface area contributed by atoms with E-state index in [1.807, 2.05) is 0 Å². The van der Waals surface area contributed by atoms with Crippen LogP contribution < -0.4 is 10.1 Å². The van der Waals surface area contributed by atoms with Gasteiger partial charge in [-0.15, -0.1) is 0 Å². The molecule has 0 radical (unpaired) electrons. The number of rotatable bonds is 6. The molecule has 162 valence electrons. The lowest BCUT2D eigenvalue weighted by Gasteiger charge is -2.26. The second-order valence-corrected chi connectivity index (χ2v) is 8.62. The fourth-order valence-electron chi connectivity index (χ4n) is 3.15. The second kappa shape index (κ2) is 8.84. The molecule has 1 fully saturated rings. The Morgan fingerprint density at radius 2 is 2.00 bits per heavy atom. The highest BCUT2D eigenvalue weighted by molar-refractivity contribution is 7.89. The van der Waals surface area contributed by atoms with Crippen LogP contribution in [0.25, 0.3) is 5.82 Å². The number of ether oxygens (including phenoxy) is 2. The lowest BCUT2D eigenvalue weighted by atomic mass is 10.2. The number of nitrogens with zero attached hydrogens (tertiary/aromatic N) is 4.